The number of benzene rings is 2. The van der Waals surface area contributed by atoms with Crippen LogP contribution in [0.3, 0.4) is 0 Å². The van der Waals surface area contributed by atoms with E-state index in [4.69, 9.17) is 15.8 Å². The van der Waals surface area contributed by atoms with Crippen LogP contribution in [0.4, 0.5) is 11.4 Å². The van der Waals surface area contributed by atoms with Gasteiger partial charge < -0.3 is 4.90 Å². The molecule has 15 nitrogen and oxygen atoms in total. The van der Waals surface area contributed by atoms with Crippen molar-refractivity contribution in [2.45, 2.75) is 81.9 Å². The highest BCUT2D eigenvalue weighted by Gasteiger charge is 2.44. The Morgan fingerprint density at radius 1 is 0.847 bits per heavy atom. The molecule has 2 aliphatic rings. The summed E-state index contributed by atoms with van der Waals surface area (Å²) >= 11 is 2.89. The van der Waals surface area contributed by atoms with Gasteiger partial charge in [0, 0.05) is 100 Å². The van der Waals surface area contributed by atoms with E-state index >= 15 is 0 Å². The molecule has 0 bridgehead atoms. The number of fused-ring (bicyclic) bond motifs is 2. The fraction of sp³-hybridized carbons (Fsp3) is 0.450. The number of carbonyl (C=O) groups is 1. The Kier molecular flexibility index (Phi) is 18.0. The number of hydrogen-bond donors (Lipinski definition) is 3. The van der Waals surface area contributed by atoms with Gasteiger partial charge in [-0.15, -0.1) is 13.0 Å². The van der Waals surface area contributed by atoms with Crippen LogP contribution in [0.1, 0.15) is 72.4 Å². The van der Waals surface area contributed by atoms with Crippen LogP contribution in [0.5, 0.6) is 0 Å². The van der Waals surface area contributed by atoms with E-state index in [2.05, 4.69) is 71.4 Å². The molecule has 0 fully saturated rings. The number of likely N-dealkylation sites (N-methyl/N-ethyl adjacent to an activating group) is 1. The molecule has 0 unspecified atom stereocenters. The molecule has 0 aliphatic carbocycles. The Morgan fingerprint density at radius 2 is 1.49 bits per heavy atom. The Balaban J connectivity index is 1.59. The highest BCUT2D eigenvalue weighted by atomic mass is 32.2. The smallest absolute Gasteiger partial charge is 0.243 e. The van der Waals surface area contributed by atoms with Crippen molar-refractivity contribution < 1.29 is 61.7 Å². The number of allylic oxidation sites excluding steroid dienone is 8. The monoisotopic (exact) mass is 896 g/mol. The van der Waals surface area contributed by atoms with Gasteiger partial charge in [-0.1, -0.05) is 80.1 Å². The first kappa shape index (κ1) is 48.8. The SMILES string of the molecule is CN(CC(=O)C(C)(C)C)S(=O)(=O)c1ccc2c(c1)C(C)(C)\C(=C/C=C/C=C/C=C/C1=[N+](CCCSOOO)c3ccc(SOOO)cc3C1(C)C)N2CCCSOOO. The van der Waals surface area contributed by atoms with Gasteiger partial charge in [-0.3, -0.25) is 4.79 Å². The van der Waals surface area contributed by atoms with Crippen LogP contribution in [0.25, 0.3) is 0 Å². The van der Waals surface area contributed by atoms with E-state index in [-0.39, 0.29) is 22.6 Å². The summed E-state index contributed by atoms with van der Waals surface area (Å²) in [5, 5.41) is 36.9. The predicted octanol–water partition coefficient (Wildman–Crippen LogP) is 9.00. The third-order valence-electron chi connectivity index (χ3n) is 10.1. The first-order valence-electron chi connectivity index (χ1n) is 18.7. The summed E-state index contributed by atoms with van der Waals surface area (Å²) in [6.07, 6.45) is 15.2. The molecule has 2 aromatic rings. The Bertz CT molecular complexity index is 2040. The van der Waals surface area contributed by atoms with Gasteiger partial charge in [0.05, 0.1) is 28.9 Å². The van der Waals surface area contributed by atoms with E-state index in [0.717, 1.165) is 85.7 Å². The first-order valence-corrected chi connectivity index (χ1v) is 22.7. The maximum absolute atomic E-state index is 13.7. The molecular formula is C40H54N3O12S4+. The molecule has 2 aliphatic heterocycles. The maximum atomic E-state index is 13.7. The number of ketones is 1. The molecule has 0 aromatic heterocycles. The molecule has 0 saturated carbocycles. The maximum Gasteiger partial charge on any atom is 0.243 e. The van der Waals surface area contributed by atoms with Crippen molar-refractivity contribution in [2.24, 2.45) is 5.41 Å². The van der Waals surface area contributed by atoms with E-state index in [0.29, 0.717) is 31.0 Å². The van der Waals surface area contributed by atoms with Crippen molar-refractivity contribution in [3.05, 3.63) is 95.8 Å². The van der Waals surface area contributed by atoms with Gasteiger partial charge in [-0.2, -0.15) is 8.88 Å². The van der Waals surface area contributed by atoms with E-state index in [9.17, 15) is 13.2 Å². The number of rotatable bonds is 23. The third-order valence-corrected chi connectivity index (χ3v) is 13.7. The van der Waals surface area contributed by atoms with Crippen molar-refractivity contribution in [3.8, 4) is 0 Å². The molecule has 0 amide bonds. The lowest BCUT2D eigenvalue weighted by Gasteiger charge is -2.27. The van der Waals surface area contributed by atoms with Gasteiger partial charge in [0.2, 0.25) is 15.7 Å². The normalized spacial score (nSPS) is 17.2. The van der Waals surface area contributed by atoms with Gasteiger partial charge in [0.25, 0.3) is 0 Å². The molecule has 59 heavy (non-hydrogen) atoms. The van der Waals surface area contributed by atoms with Crippen molar-refractivity contribution in [1.82, 2.24) is 4.31 Å². The number of carbonyl (C=O) groups excluding carboxylic acids is 1. The molecular weight excluding hydrogens is 843 g/mol. The minimum atomic E-state index is -3.96. The van der Waals surface area contributed by atoms with Crippen molar-refractivity contribution in [1.29, 1.82) is 0 Å². The highest BCUT2D eigenvalue weighted by molar-refractivity contribution is 7.95. The van der Waals surface area contributed by atoms with Gasteiger partial charge in [-0.05, 0) is 62.2 Å². The minimum absolute atomic E-state index is 0.114. The molecule has 3 N–H and O–H groups in total. The molecule has 0 radical (unpaired) electrons. The molecule has 4 rings (SSSR count). The molecule has 2 heterocycles. The number of sulfonamides is 1. The standard InChI is InChI=1S/C40H53N3O12S4/c1-38(2,3)37(44)28-41(8)59(48,49)30-19-21-34-32(27-30)40(6,7)36(43(34)23-15-25-57-54-51-46)17-13-11-9-10-12-16-35-39(4,5)31-26-29(58-55-52-47)18-20-33(31)42(35)22-14-24-56-53-50-45/h9-13,16-21,26-27H,14-15,22-25,28H2,1-8H3,(H2-,45,46,47)/p+1. The van der Waals surface area contributed by atoms with Crippen LogP contribution < -0.4 is 4.90 Å². The topological polar surface area (TPSA) is 177 Å². The summed E-state index contributed by atoms with van der Waals surface area (Å²) in [5.41, 5.74) is 4.21. The Labute approximate surface area is 359 Å². The van der Waals surface area contributed by atoms with E-state index < -0.39 is 20.9 Å². The summed E-state index contributed by atoms with van der Waals surface area (Å²) < 4.78 is 44.5. The van der Waals surface area contributed by atoms with Gasteiger partial charge in [0.1, 0.15) is 6.54 Å². The van der Waals surface area contributed by atoms with Crippen molar-refractivity contribution in [3.63, 3.8) is 0 Å². The summed E-state index contributed by atoms with van der Waals surface area (Å²) in [6, 6.07) is 11.0. The second kappa shape index (κ2) is 21.8. The fourth-order valence-corrected chi connectivity index (χ4v) is 9.19. The summed E-state index contributed by atoms with van der Waals surface area (Å²) in [5.74, 6) is 0.938. The van der Waals surface area contributed by atoms with Crippen LogP contribution in [0.15, 0.2) is 94.4 Å². The summed E-state index contributed by atoms with van der Waals surface area (Å²) in [7, 11) is -2.53. The van der Waals surface area contributed by atoms with E-state index in [1.807, 2.05) is 60.7 Å². The molecule has 0 atom stereocenters. The fourth-order valence-electron chi connectivity index (χ4n) is 6.92. The molecule has 19 heteroatoms. The quantitative estimate of drug-likeness (QED) is 0.0240. The molecule has 0 spiro atoms. The van der Waals surface area contributed by atoms with Crippen LogP contribution in [0, 0.1) is 5.41 Å². The largest absolute Gasteiger partial charge is 0.344 e. The zero-order valence-electron chi connectivity index (χ0n) is 34.4. The van der Waals surface area contributed by atoms with Crippen LogP contribution in [-0.4, -0.2) is 82.8 Å². The van der Waals surface area contributed by atoms with Crippen LogP contribution >= 0.6 is 36.1 Å². The number of hydrogen-bond acceptors (Lipinski definition) is 16. The summed E-state index contributed by atoms with van der Waals surface area (Å²) in [4.78, 5) is 15.8. The van der Waals surface area contributed by atoms with Gasteiger partial charge >= 0.3 is 0 Å². The average Bonchev–Trinajstić information content (AvgIpc) is 3.53. The van der Waals surface area contributed by atoms with Crippen LogP contribution in [-0.2, 0) is 53.8 Å². The number of anilines is 1. The first-order chi connectivity index (χ1) is 27.9. The van der Waals surface area contributed by atoms with Crippen molar-refractivity contribution >= 4 is 69.0 Å². The van der Waals surface area contributed by atoms with Crippen LogP contribution in [0.2, 0.25) is 0 Å². The second-order valence-electron chi connectivity index (χ2n) is 15.8. The lowest BCUT2D eigenvalue weighted by molar-refractivity contribution is -0.438. The zero-order chi connectivity index (χ0) is 43.4. The van der Waals surface area contributed by atoms with E-state index in [1.54, 1.807) is 32.9 Å². The second-order valence-corrected chi connectivity index (χ2v) is 20.2. The van der Waals surface area contributed by atoms with Gasteiger partial charge in [-0.25, -0.2) is 24.2 Å². The predicted molar refractivity (Wildman–Crippen MR) is 230 cm³/mol. The Hall–Kier alpha value is -2.86. The lowest BCUT2D eigenvalue weighted by Crippen LogP contribution is -2.37. The number of Topliss-reactive ketones (excluding diaryl/α,β-unsaturated/α-hetero) is 1. The third kappa shape index (κ3) is 12.2. The van der Waals surface area contributed by atoms with Gasteiger partial charge in [0.15, 0.2) is 11.5 Å². The average molecular weight is 897 g/mol. The van der Waals surface area contributed by atoms with E-state index in [1.165, 1.54) is 7.05 Å². The Morgan fingerprint density at radius 3 is 2.15 bits per heavy atom. The lowest BCUT2D eigenvalue weighted by atomic mass is 9.81. The van der Waals surface area contributed by atoms with Crippen molar-refractivity contribution in [2.75, 3.05) is 43.1 Å². The zero-order valence-corrected chi connectivity index (χ0v) is 37.7. The summed E-state index contributed by atoms with van der Waals surface area (Å²) in [6.45, 7) is 14.7. The molecule has 0 saturated heterocycles. The number of nitrogens with zero attached hydrogens (tertiary/aromatic N) is 3. The molecule has 324 valence electrons. The highest BCUT2D eigenvalue weighted by Crippen LogP contribution is 2.49. The minimum Gasteiger partial charge on any atom is -0.344 e. The molecule has 2 aromatic carbocycles.